The highest BCUT2D eigenvalue weighted by molar-refractivity contribution is 4.50. The summed E-state index contributed by atoms with van der Waals surface area (Å²) < 4.78 is 0. The molecule has 1 nitrogen and oxygen atoms in total. The fraction of sp³-hybridized carbons (Fsp3) is 0.833. The zero-order chi connectivity index (χ0) is 5.70. The van der Waals surface area contributed by atoms with Gasteiger partial charge in [0.05, 0.1) is 0 Å². The van der Waals surface area contributed by atoms with E-state index in [4.69, 9.17) is 0 Å². The fourth-order valence-corrected chi connectivity index (χ4v) is 0.540. The molecule has 0 heterocycles. The minimum Gasteiger partial charge on any atom is -0.333 e. The Kier molecular flexibility index (Phi) is 4.10. The molecule has 0 fully saturated rings. The molecule has 0 atom stereocenters. The first-order valence-electron chi connectivity index (χ1n) is 2.86. The van der Waals surface area contributed by atoms with Crippen LogP contribution in [0.4, 0.5) is 0 Å². The first-order chi connectivity index (χ1) is 3.35. The second-order valence-corrected chi connectivity index (χ2v) is 1.53. The smallest absolute Gasteiger partial charge is 0.00759 e. The zero-order valence-corrected chi connectivity index (χ0v) is 5.28. The molecule has 0 saturated carbocycles. The fourth-order valence-electron chi connectivity index (χ4n) is 0.540. The molecule has 0 N–H and O–H groups in total. The van der Waals surface area contributed by atoms with E-state index in [0.717, 1.165) is 19.6 Å². The largest absolute Gasteiger partial charge is 0.333 e. The molecule has 0 aromatic rings. The minimum absolute atomic E-state index is 0.938. The number of hydrogen-bond acceptors (Lipinski definition) is 1. The van der Waals surface area contributed by atoms with Crippen LogP contribution in [0, 0.1) is 6.92 Å². The van der Waals surface area contributed by atoms with Crippen molar-refractivity contribution < 1.29 is 0 Å². The summed E-state index contributed by atoms with van der Waals surface area (Å²) in [6, 6.07) is 0. The molecule has 0 aliphatic heterocycles. The van der Waals surface area contributed by atoms with Crippen LogP contribution in [0.25, 0.3) is 0 Å². The third kappa shape index (κ3) is 2.63. The molecule has 0 aromatic carbocycles. The lowest BCUT2D eigenvalue weighted by Crippen LogP contribution is -2.21. The SMILES string of the molecule is [CH2-]CN(CC)CC. The number of nitrogens with zero attached hydrogens (tertiary/aromatic N) is 1. The number of rotatable bonds is 3. The first-order valence-corrected chi connectivity index (χ1v) is 2.86. The average molecular weight is 100 g/mol. The molecule has 0 spiro atoms. The minimum atomic E-state index is 0.938. The van der Waals surface area contributed by atoms with E-state index >= 15 is 0 Å². The summed E-state index contributed by atoms with van der Waals surface area (Å²) in [6.45, 7) is 11.2. The van der Waals surface area contributed by atoms with Crippen LogP contribution >= 0.6 is 0 Å². The molecule has 0 saturated heterocycles. The summed E-state index contributed by atoms with van der Waals surface area (Å²) in [6.07, 6.45) is 0. The third-order valence-corrected chi connectivity index (χ3v) is 1.21. The maximum Gasteiger partial charge on any atom is -0.00759 e. The van der Waals surface area contributed by atoms with Crippen molar-refractivity contribution in [2.75, 3.05) is 19.6 Å². The lowest BCUT2D eigenvalue weighted by molar-refractivity contribution is 0.336. The molecule has 0 aliphatic rings. The average Bonchev–Trinajstić information content (AvgIpc) is 1.72. The van der Waals surface area contributed by atoms with Gasteiger partial charge in [0, 0.05) is 0 Å². The predicted molar refractivity (Wildman–Crippen MR) is 33.1 cm³/mol. The van der Waals surface area contributed by atoms with Crippen LogP contribution in [-0.4, -0.2) is 24.5 Å². The van der Waals surface area contributed by atoms with Crippen LogP contribution in [0.5, 0.6) is 0 Å². The van der Waals surface area contributed by atoms with Crippen molar-refractivity contribution in [3.8, 4) is 0 Å². The van der Waals surface area contributed by atoms with Gasteiger partial charge in [-0.25, -0.2) is 0 Å². The van der Waals surface area contributed by atoms with Gasteiger partial charge in [-0.2, -0.15) is 0 Å². The highest BCUT2D eigenvalue weighted by Crippen LogP contribution is 1.81. The molecular weight excluding hydrogens is 86.1 g/mol. The highest BCUT2D eigenvalue weighted by Gasteiger charge is 1.85. The molecule has 0 unspecified atom stereocenters. The van der Waals surface area contributed by atoms with Crippen LogP contribution in [0.15, 0.2) is 0 Å². The van der Waals surface area contributed by atoms with Crippen molar-refractivity contribution >= 4 is 0 Å². The van der Waals surface area contributed by atoms with Crippen LogP contribution in [0.3, 0.4) is 0 Å². The Morgan fingerprint density at radius 3 is 1.71 bits per heavy atom. The summed E-state index contributed by atoms with van der Waals surface area (Å²) in [5.74, 6) is 0. The van der Waals surface area contributed by atoms with E-state index in [9.17, 15) is 0 Å². The van der Waals surface area contributed by atoms with E-state index in [0.29, 0.717) is 0 Å². The van der Waals surface area contributed by atoms with E-state index in [1.807, 2.05) is 0 Å². The van der Waals surface area contributed by atoms with Gasteiger partial charge in [0.15, 0.2) is 0 Å². The normalized spacial score (nSPS) is 10.3. The monoisotopic (exact) mass is 100 g/mol. The highest BCUT2D eigenvalue weighted by atomic mass is 15.1. The van der Waals surface area contributed by atoms with Gasteiger partial charge in [-0.1, -0.05) is 13.8 Å². The predicted octanol–water partition coefficient (Wildman–Crippen LogP) is 1.16. The maximum absolute atomic E-state index is 3.75. The number of hydrogen-bond donors (Lipinski definition) is 0. The van der Waals surface area contributed by atoms with Gasteiger partial charge in [-0.3, -0.25) is 0 Å². The Morgan fingerprint density at radius 1 is 1.29 bits per heavy atom. The van der Waals surface area contributed by atoms with Crippen LogP contribution in [-0.2, 0) is 0 Å². The molecule has 0 bridgehead atoms. The molecule has 7 heavy (non-hydrogen) atoms. The van der Waals surface area contributed by atoms with E-state index in [-0.39, 0.29) is 0 Å². The molecule has 0 aliphatic carbocycles. The van der Waals surface area contributed by atoms with Gasteiger partial charge < -0.3 is 11.8 Å². The molecule has 0 aromatic heterocycles. The molecule has 1 heteroatoms. The van der Waals surface area contributed by atoms with Gasteiger partial charge in [-0.05, 0) is 13.1 Å². The Morgan fingerprint density at radius 2 is 1.71 bits per heavy atom. The van der Waals surface area contributed by atoms with Gasteiger partial charge in [0.2, 0.25) is 0 Å². The van der Waals surface area contributed by atoms with Gasteiger partial charge in [-0.15, -0.1) is 6.54 Å². The Labute approximate surface area is 46.3 Å². The summed E-state index contributed by atoms with van der Waals surface area (Å²) in [7, 11) is 0. The molecule has 44 valence electrons. The van der Waals surface area contributed by atoms with Crippen molar-refractivity contribution in [1.82, 2.24) is 4.90 Å². The van der Waals surface area contributed by atoms with Gasteiger partial charge in [0.1, 0.15) is 0 Å². The van der Waals surface area contributed by atoms with E-state index < -0.39 is 0 Å². The Balaban J connectivity index is 2.99. The summed E-state index contributed by atoms with van der Waals surface area (Å²) >= 11 is 0. The van der Waals surface area contributed by atoms with E-state index in [2.05, 4.69) is 25.7 Å². The molecule has 0 amide bonds. The van der Waals surface area contributed by atoms with Crippen LogP contribution in [0.1, 0.15) is 13.8 Å². The second-order valence-electron chi connectivity index (χ2n) is 1.53. The molecular formula is C6H14N-. The zero-order valence-electron chi connectivity index (χ0n) is 5.28. The third-order valence-electron chi connectivity index (χ3n) is 1.21. The van der Waals surface area contributed by atoms with Crippen molar-refractivity contribution in [1.29, 1.82) is 0 Å². The standard InChI is InChI=1S/C6H14N/c1-4-7(5-2)6-3/h1,4-6H2,2-3H3/q-1. The Bertz CT molecular complexity index is 25.7. The van der Waals surface area contributed by atoms with E-state index in [1.165, 1.54) is 0 Å². The van der Waals surface area contributed by atoms with Gasteiger partial charge >= 0.3 is 0 Å². The summed E-state index contributed by atoms with van der Waals surface area (Å²) in [5, 5.41) is 0. The quantitative estimate of drug-likeness (QED) is 0.481. The second kappa shape index (κ2) is 4.13. The molecule has 0 radical (unpaired) electrons. The lowest BCUT2D eigenvalue weighted by Gasteiger charge is -2.17. The van der Waals surface area contributed by atoms with Crippen molar-refractivity contribution in [2.45, 2.75) is 13.8 Å². The maximum atomic E-state index is 3.75. The van der Waals surface area contributed by atoms with Gasteiger partial charge in [0.25, 0.3) is 0 Å². The topological polar surface area (TPSA) is 3.24 Å². The van der Waals surface area contributed by atoms with E-state index in [1.54, 1.807) is 0 Å². The first kappa shape index (κ1) is 6.96. The lowest BCUT2D eigenvalue weighted by atomic mass is 10.5. The summed E-state index contributed by atoms with van der Waals surface area (Å²) in [4.78, 5) is 2.26. The Hall–Kier alpha value is -0.0400. The van der Waals surface area contributed by atoms with Crippen molar-refractivity contribution in [2.24, 2.45) is 0 Å². The van der Waals surface area contributed by atoms with Crippen LogP contribution in [0.2, 0.25) is 0 Å². The van der Waals surface area contributed by atoms with Crippen LogP contribution < -0.4 is 0 Å². The van der Waals surface area contributed by atoms with Crippen molar-refractivity contribution in [3.05, 3.63) is 6.92 Å². The van der Waals surface area contributed by atoms with Crippen molar-refractivity contribution in [3.63, 3.8) is 0 Å². The molecule has 0 rings (SSSR count). The summed E-state index contributed by atoms with van der Waals surface area (Å²) in [5.41, 5.74) is 0.